The number of carbonyl (C=O) groups excluding carboxylic acids is 1. The summed E-state index contributed by atoms with van der Waals surface area (Å²) in [6.07, 6.45) is 3.08. The molecule has 176 valence electrons. The Morgan fingerprint density at radius 1 is 1.12 bits per heavy atom. The number of hydrogen-bond acceptors (Lipinski definition) is 7. The molecule has 0 bridgehead atoms. The summed E-state index contributed by atoms with van der Waals surface area (Å²) in [5.41, 5.74) is 1.86. The largest absolute Gasteiger partial charge is 0.493 e. The van der Waals surface area contributed by atoms with Crippen molar-refractivity contribution in [1.29, 1.82) is 0 Å². The summed E-state index contributed by atoms with van der Waals surface area (Å²) in [6, 6.07) is 8.20. The summed E-state index contributed by atoms with van der Waals surface area (Å²) in [5.74, 6) is 0.665. The van der Waals surface area contributed by atoms with E-state index in [2.05, 4.69) is 15.0 Å². The van der Waals surface area contributed by atoms with Gasteiger partial charge in [-0.15, -0.1) is 0 Å². The van der Waals surface area contributed by atoms with E-state index >= 15 is 0 Å². The van der Waals surface area contributed by atoms with Crippen molar-refractivity contribution in [3.05, 3.63) is 52.6 Å². The van der Waals surface area contributed by atoms with Crippen LogP contribution < -0.4 is 25.1 Å². The topological polar surface area (TPSA) is 129 Å². The van der Waals surface area contributed by atoms with Crippen LogP contribution in [0.25, 0.3) is 10.9 Å². The Kier molecular flexibility index (Phi) is 7.22. The van der Waals surface area contributed by atoms with Crippen LogP contribution in [0.3, 0.4) is 0 Å². The van der Waals surface area contributed by atoms with Gasteiger partial charge in [-0.25, -0.2) is 13.4 Å². The van der Waals surface area contributed by atoms with Gasteiger partial charge in [-0.2, -0.15) is 0 Å². The van der Waals surface area contributed by atoms with Crippen molar-refractivity contribution in [2.75, 3.05) is 30.5 Å². The summed E-state index contributed by atoms with van der Waals surface area (Å²) in [6.45, 7) is 2.07. The number of amides is 1. The minimum atomic E-state index is -3.43. The summed E-state index contributed by atoms with van der Waals surface area (Å²) < 4.78 is 37.4. The van der Waals surface area contributed by atoms with E-state index in [4.69, 9.17) is 9.47 Å². The second-order valence-electron chi connectivity index (χ2n) is 7.52. The molecule has 3 aromatic rings. The van der Waals surface area contributed by atoms with Crippen molar-refractivity contribution in [3.63, 3.8) is 0 Å². The molecule has 0 spiro atoms. The number of hydrogen-bond donors (Lipinski definition) is 2. The summed E-state index contributed by atoms with van der Waals surface area (Å²) >= 11 is 0. The average molecular weight is 475 g/mol. The van der Waals surface area contributed by atoms with Gasteiger partial charge >= 0.3 is 0 Å². The van der Waals surface area contributed by atoms with E-state index in [1.165, 1.54) is 25.1 Å². The normalized spacial score (nSPS) is 11.3. The third-order valence-corrected chi connectivity index (χ3v) is 5.54. The fraction of sp³-hybridized carbons (Fsp3) is 0.318. The van der Waals surface area contributed by atoms with E-state index in [0.29, 0.717) is 46.7 Å². The van der Waals surface area contributed by atoms with E-state index in [0.717, 1.165) is 11.8 Å². The number of benzene rings is 2. The summed E-state index contributed by atoms with van der Waals surface area (Å²) in [4.78, 5) is 29.5. The second-order valence-corrected chi connectivity index (χ2v) is 9.27. The zero-order chi connectivity index (χ0) is 24.2. The van der Waals surface area contributed by atoms with Gasteiger partial charge in [0, 0.05) is 24.7 Å². The van der Waals surface area contributed by atoms with E-state index < -0.39 is 10.0 Å². The first-order valence-electron chi connectivity index (χ1n) is 10.1. The Hall–Kier alpha value is -3.60. The standard InChI is InChI=1S/C22H26N4O6S/c1-14-7-8-15(10-17(14)25-33(4,29)30)24-21(27)6-5-9-26-13-23-18-12-20(32-3)19(31-2)11-16(18)22(26)28/h7-8,10-13,25H,5-6,9H2,1-4H3,(H,24,27). The number of aryl methyl sites for hydroxylation is 2. The van der Waals surface area contributed by atoms with E-state index in [-0.39, 0.29) is 17.9 Å². The number of nitrogens with one attached hydrogen (secondary N) is 2. The zero-order valence-electron chi connectivity index (χ0n) is 18.8. The highest BCUT2D eigenvalue weighted by Gasteiger charge is 2.12. The number of methoxy groups -OCH3 is 2. The molecule has 0 atom stereocenters. The minimum absolute atomic E-state index is 0.166. The molecule has 10 nitrogen and oxygen atoms in total. The summed E-state index contributed by atoms with van der Waals surface area (Å²) in [5, 5.41) is 3.14. The van der Waals surface area contributed by atoms with Crippen molar-refractivity contribution >= 4 is 38.2 Å². The Morgan fingerprint density at radius 2 is 1.82 bits per heavy atom. The number of fused-ring (bicyclic) bond motifs is 1. The number of nitrogens with zero attached hydrogens (tertiary/aromatic N) is 2. The maximum Gasteiger partial charge on any atom is 0.261 e. The van der Waals surface area contributed by atoms with Crippen molar-refractivity contribution in [2.24, 2.45) is 0 Å². The van der Waals surface area contributed by atoms with E-state index in [9.17, 15) is 18.0 Å². The van der Waals surface area contributed by atoms with Crippen molar-refractivity contribution < 1.29 is 22.7 Å². The fourth-order valence-electron chi connectivity index (χ4n) is 3.29. The molecule has 0 aliphatic carbocycles. The van der Waals surface area contributed by atoms with Crippen LogP contribution >= 0.6 is 0 Å². The van der Waals surface area contributed by atoms with Gasteiger partial charge in [0.2, 0.25) is 15.9 Å². The fourth-order valence-corrected chi connectivity index (χ4v) is 3.91. The predicted octanol–water partition coefficient (Wildman–Crippen LogP) is 2.51. The van der Waals surface area contributed by atoms with Gasteiger partial charge in [-0.05, 0) is 37.1 Å². The zero-order valence-corrected chi connectivity index (χ0v) is 19.7. The minimum Gasteiger partial charge on any atom is -0.493 e. The third-order valence-electron chi connectivity index (χ3n) is 4.95. The number of ether oxygens (including phenoxy) is 2. The molecule has 0 radical (unpaired) electrons. The average Bonchev–Trinajstić information content (AvgIpc) is 2.76. The first kappa shape index (κ1) is 24.1. The Labute approximate surface area is 191 Å². The Bertz CT molecular complexity index is 1350. The number of aromatic nitrogens is 2. The van der Waals surface area contributed by atoms with Crippen LogP contribution in [0.5, 0.6) is 11.5 Å². The van der Waals surface area contributed by atoms with Crippen LogP contribution in [-0.2, 0) is 21.4 Å². The molecular weight excluding hydrogens is 448 g/mol. The summed E-state index contributed by atoms with van der Waals surface area (Å²) in [7, 11) is -0.433. The highest BCUT2D eigenvalue weighted by Crippen LogP contribution is 2.29. The van der Waals surface area contributed by atoms with Crippen molar-refractivity contribution in [2.45, 2.75) is 26.3 Å². The lowest BCUT2D eigenvalue weighted by Crippen LogP contribution is -2.22. The number of anilines is 2. The lowest BCUT2D eigenvalue weighted by Gasteiger charge is -2.12. The highest BCUT2D eigenvalue weighted by atomic mass is 32.2. The molecule has 1 heterocycles. The van der Waals surface area contributed by atoms with E-state index in [1.54, 1.807) is 37.3 Å². The number of carbonyl (C=O) groups is 1. The molecule has 11 heteroatoms. The Morgan fingerprint density at radius 3 is 2.48 bits per heavy atom. The molecule has 1 aromatic heterocycles. The Balaban J connectivity index is 1.65. The first-order valence-corrected chi connectivity index (χ1v) is 12.0. The molecular formula is C22H26N4O6S. The molecule has 33 heavy (non-hydrogen) atoms. The van der Waals surface area contributed by atoms with Gasteiger partial charge in [0.05, 0.1) is 43.4 Å². The third kappa shape index (κ3) is 6.01. The van der Waals surface area contributed by atoms with Crippen LogP contribution in [0.1, 0.15) is 18.4 Å². The second kappa shape index (κ2) is 9.90. The molecule has 2 aromatic carbocycles. The molecule has 0 saturated heterocycles. The lowest BCUT2D eigenvalue weighted by molar-refractivity contribution is -0.116. The van der Waals surface area contributed by atoms with Crippen LogP contribution in [0.2, 0.25) is 0 Å². The maximum atomic E-state index is 12.8. The highest BCUT2D eigenvalue weighted by molar-refractivity contribution is 7.92. The van der Waals surface area contributed by atoms with Crippen LogP contribution in [0, 0.1) is 6.92 Å². The molecule has 1 amide bonds. The molecule has 0 fully saturated rings. The SMILES string of the molecule is COc1cc2ncn(CCCC(=O)Nc3ccc(C)c(NS(C)(=O)=O)c3)c(=O)c2cc1OC. The monoisotopic (exact) mass is 474 g/mol. The van der Waals surface area contributed by atoms with Gasteiger partial charge in [0.15, 0.2) is 11.5 Å². The number of sulfonamides is 1. The predicted molar refractivity (Wildman–Crippen MR) is 127 cm³/mol. The molecule has 0 aliphatic heterocycles. The molecule has 0 unspecified atom stereocenters. The van der Waals surface area contributed by atoms with Crippen LogP contribution in [0.15, 0.2) is 41.5 Å². The smallest absolute Gasteiger partial charge is 0.261 e. The van der Waals surface area contributed by atoms with Gasteiger partial charge in [-0.3, -0.25) is 18.9 Å². The van der Waals surface area contributed by atoms with Crippen LogP contribution in [-0.4, -0.2) is 44.4 Å². The molecule has 2 N–H and O–H groups in total. The quantitative estimate of drug-likeness (QED) is 0.488. The first-order chi connectivity index (χ1) is 15.6. The lowest BCUT2D eigenvalue weighted by atomic mass is 10.2. The molecule has 0 aliphatic rings. The van der Waals surface area contributed by atoms with Gasteiger partial charge < -0.3 is 14.8 Å². The van der Waals surface area contributed by atoms with Crippen molar-refractivity contribution in [3.8, 4) is 11.5 Å². The van der Waals surface area contributed by atoms with E-state index in [1.807, 2.05) is 0 Å². The van der Waals surface area contributed by atoms with Gasteiger partial charge in [0.1, 0.15) is 0 Å². The van der Waals surface area contributed by atoms with Crippen LogP contribution in [0.4, 0.5) is 11.4 Å². The van der Waals surface area contributed by atoms with Gasteiger partial charge in [0.25, 0.3) is 5.56 Å². The molecule has 3 rings (SSSR count). The molecule has 0 saturated carbocycles. The maximum absolute atomic E-state index is 12.8. The van der Waals surface area contributed by atoms with Crippen molar-refractivity contribution in [1.82, 2.24) is 9.55 Å². The number of rotatable bonds is 9. The van der Waals surface area contributed by atoms with Gasteiger partial charge in [-0.1, -0.05) is 6.07 Å².